The number of anilines is 3. The number of hydrogen-bond donors (Lipinski definition) is 3. The molecule has 1 fully saturated rings. The van der Waals surface area contributed by atoms with Gasteiger partial charge in [-0.25, -0.2) is 0 Å². The van der Waals surface area contributed by atoms with Crippen LogP contribution in [0.25, 0.3) is 0 Å². The molecule has 0 spiro atoms. The molecule has 2 atom stereocenters. The summed E-state index contributed by atoms with van der Waals surface area (Å²) in [4.78, 5) is 26.7. The van der Waals surface area contributed by atoms with Crippen molar-refractivity contribution in [2.45, 2.75) is 46.6 Å². The zero-order valence-corrected chi connectivity index (χ0v) is 15.1. The van der Waals surface area contributed by atoms with E-state index in [-0.39, 0.29) is 11.5 Å². The van der Waals surface area contributed by atoms with Crippen molar-refractivity contribution < 1.29 is 9.90 Å². The van der Waals surface area contributed by atoms with Crippen LogP contribution < -0.4 is 15.5 Å². The minimum Gasteiger partial charge on any atom is -0.481 e. The molecule has 0 aromatic carbocycles. The molecule has 0 bridgehead atoms. The SMILES string of the molecule is CCNc1nc(NC(C)(C)C)nc(N2CC(C)CC(C(=O)O)C2)n1. The summed E-state index contributed by atoms with van der Waals surface area (Å²) in [5, 5.41) is 15.7. The van der Waals surface area contributed by atoms with Crippen LogP contribution in [0, 0.1) is 11.8 Å². The largest absolute Gasteiger partial charge is 0.481 e. The van der Waals surface area contributed by atoms with Crippen molar-refractivity contribution in [2.24, 2.45) is 11.8 Å². The van der Waals surface area contributed by atoms with Gasteiger partial charge in [0.15, 0.2) is 0 Å². The first-order valence-corrected chi connectivity index (χ1v) is 8.44. The van der Waals surface area contributed by atoms with Crippen LogP contribution in [0.2, 0.25) is 0 Å². The molecule has 8 nitrogen and oxygen atoms in total. The van der Waals surface area contributed by atoms with Crippen molar-refractivity contribution in [1.82, 2.24) is 15.0 Å². The van der Waals surface area contributed by atoms with Crippen LogP contribution in [0.15, 0.2) is 0 Å². The van der Waals surface area contributed by atoms with Gasteiger partial charge in [-0.05, 0) is 40.0 Å². The molecule has 3 N–H and O–H groups in total. The summed E-state index contributed by atoms with van der Waals surface area (Å²) in [6, 6.07) is 0. The number of carboxylic acid groups (broad SMARTS) is 1. The van der Waals surface area contributed by atoms with Gasteiger partial charge in [0.25, 0.3) is 0 Å². The van der Waals surface area contributed by atoms with E-state index in [2.05, 4.69) is 32.5 Å². The number of aliphatic carboxylic acids is 1. The van der Waals surface area contributed by atoms with E-state index in [4.69, 9.17) is 0 Å². The quantitative estimate of drug-likeness (QED) is 0.751. The van der Waals surface area contributed by atoms with Crippen molar-refractivity contribution in [3.8, 4) is 0 Å². The number of nitrogens with one attached hydrogen (secondary N) is 2. The van der Waals surface area contributed by atoms with Crippen LogP contribution in [0.5, 0.6) is 0 Å². The Balaban J connectivity index is 2.31. The average molecular weight is 336 g/mol. The van der Waals surface area contributed by atoms with Gasteiger partial charge in [0.2, 0.25) is 17.8 Å². The average Bonchev–Trinajstić information content (AvgIpc) is 2.44. The van der Waals surface area contributed by atoms with Crippen molar-refractivity contribution in [2.75, 3.05) is 35.2 Å². The molecule has 24 heavy (non-hydrogen) atoms. The lowest BCUT2D eigenvalue weighted by Crippen LogP contribution is -2.43. The highest BCUT2D eigenvalue weighted by molar-refractivity contribution is 5.71. The molecular weight excluding hydrogens is 308 g/mol. The molecule has 8 heteroatoms. The summed E-state index contributed by atoms with van der Waals surface area (Å²) < 4.78 is 0. The first-order chi connectivity index (χ1) is 11.2. The van der Waals surface area contributed by atoms with Crippen LogP contribution in [0.1, 0.15) is 41.0 Å². The number of piperidine rings is 1. The van der Waals surface area contributed by atoms with Crippen LogP contribution in [-0.4, -0.2) is 51.2 Å². The van der Waals surface area contributed by atoms with E-state index in [9.17, 15) is 9.90 Å². The predicted octanol–water partition coefficient (Wildman–Crippen LogP) is 2.06. The Kier molecular flexibility index (Phi) is 5.46. The Morgan fingerprint density at radius 2 is 1.92 bits per heavy atom. The smallest absolute Gasteiger partial charge is 0.308 e. The van der Waals surface area contributed by atoms with Gasteiger partial charge in [0, 0.05) is 25.2 Å². The minimum atomic E-state index is -0.763. The van der Waals surface area contributed by atoms with Crippen molar-refractivity contribution in [3.05, 3.63) is 0 Å². The number of aromatic nitrogens is 3. The maximum atomic E-state index is 11.4. The molecule has 2 unspecified atom stereocenters. The number of carboxylic acids is 1. The molecule has 1 aliphatic rings. The van der Waals surface area contributed by atoms with Crippen LogP contribution in [-0.2, 0) is 4.79 Å². The van der Waals surface area contributed by atoms with Gasteiger partial charge in [-0.3, -0.25) is 4.79 Å². The summed E-state index contributed by atoms with van der Waals surface area (Å²) in [5.41, 5.74) is -0.180. The highest BCUT2D eigenvalue weighted by Crippen LogP contribution is 2.26. The predicted molar refractivity (Wildman–Crippen MR) is 94.5 cm³/mol. The summed E-state index contributed by atoms with van der Waals surface area (Å²) in [7, 11) is 0. The van der Waals surface area contributed by atoms with E-state index in [0.29, 0.717) is 37.4 Å². The van der Waals surface area contributed by atoms with E-state index >= 15 is 0 Å². The van der Waals surface area contributed by atoms with E-state index in [1.807, 2.05) is 32.6 Å². The number of carbonyl (C=O) groups is 1. The van der Waals surface area contributed by atoms with Crippen LogP contribution in [0.3, 0.4) is 0 Å². The highest BCUT2D eigenvalue weighted by Gasteiger charge is 2.31. The lowest BCUT2D eigenvalue weighted by molar-refractivity contribution is -0.142. The standard InChI is InChI=1S/C16H28N6O2/c1-6-17-13-18-14(21-16(3,4)5)20-15(19-13)22-8-10(2)7-11(9-22)12(23)24/h10-11H,6-9H2,1-5H3,(H,23,24)(H2,17,18,19,20,21). The lowest BCUT2D eigenvalue weighted by atomic mass is 9.91. The topological polar surface area (TPSA) is 103 Å². The Labute approximate surface area is 143 Å². The van der Waals surface area contributed by atoms with Crippen molar-refractivity contribution in [3.63, 3.8) is 0 Å². The Bertz CT molecular complexity index is 586. The first kappa shape index (κ1) is 18.2. The third-order valence-corrected chi connectivity index (χ3v) is 3.74. The normalized spacial score (nSPS) is 21.5. The van der Waals surface area contributed by atoms with Gasteiger partial charge in [0.05, 0.1) is 5.92 Å². The third-order valence-electron chi connectivity index (χ3n) is 3.74. The summed E-state index contributed by atoms with van der Waals surface area (Å²) in [5.74, 6) is 0.629. The van der Waals surface area contributed by atoms with Crippen molar-refractivity contribution >= 4 is 23.8 Å². The van der Waals surface area contributed by atoms with Crippen molar-refractivity contribution in [1.29, 1.82) is 0 Å². The second-order valence-corrected chi connectivity index (χ2v) is 7.47. The molecule has 0 amide bonds. The molecule has 134 valence electrons. The molecule has 1 saturated heterocycles. The lowest BCUT2D eigenvalue weighted by Gasteiger charge is -2.35. The van der Waals surface area contributed by atoms with Crippen LogP contribution >= 0.6 is 0 Å². The maximum absolute atomic E-state index is 11.4. The molecule has 1 aliphatic heterocycles. The molecule has 0 saturated carbocycles. The molecule has 0 radical (unpaired) electrons. The number of nitrogens with zero attached hydrogens (tertiary/aromatic N) is 4. The molecule has 2 heterocycles. The van der Waals surface area contributed by atoms with E-state index < -0.39 is 11.9 Å². The van der Waals surface area contributed by atoms with Gasteiger partial charge in [0.1, 0.15) is 0 Å². The van der Waals surface area contributed by atoms with E-state index in [1.165, 1.54) is 0 Å². The Morgan fingerprint density at radius 1 is 1.25 bits per heavy atom. The fourth-order valence-corrected chi connectivity index (χ4v) is 2.83. The van der Waals surface area contributed by atoms with Gasteiger partial charge in [-0.1, -0.05) is 6.92 Å². The second-order valence-electron chi connectivity index (χ2n) is 7.47. The van der Waals surface area contributed by atoms with Gasteiger partial charge >= 0.3 is 5.97 Å². The number of hydrogen-bond acceptors (Lipinski definition) is 7. The molecule has 0 aliphatic carbocycles. The summed E-state index contributed by atoms with van der Waals surface area (Å²) in [6.07, 6.45) is 0.685. The van der Waals surface area contributed by atoms with Gasteiger partial charge < -0.3 is 20.6 Å². The monoisotopic (exact) mass is 336 g/mol. The van der Waals surface area contributed by atoms with Crippen LogP contribution in [0.4, 0.5) is 17.8 Å². The molecular formula is C16H28N6O2. The zero-order valence-electron chi connectivity index (χ0n) is 15.1. The minimum absolute atomic E-state index is 0.180. The summed E-state index contributed by atoms with van der Waals surface area (Å²) in [6.45, 7) is 12.0. The zero-order chi connectivity index (χ0) is 17.9. The third kappa shape index (κ3) is 4.94. The number of rotatable bonds is 5. The maximum Gasteiger partial charge on any atom is 0.308 e. The highest BCUT2D eigenvalue weighted by atomic mass is 16.4. The fraction of sp³-hybridized carbons (Fsp3) is 0.750. The molecule has 1 aromatic rings. The Hall–Kier alpha value is -2.12. The second kappa shape index (κ2) is 7.19. The Morgan fingerprint density at radius 3 is 2.50 bits per heavy atom. The van der Waals surface area contributed by atoms with E-state index in [0.717, 1.165) is 6.54 Å². The fourth-order valence-electron chi connectivity index (χ4n) is 2.83. The molecule has 1 aromatic heterocycles. The van der Waals surface area contributed by atoms with Gasteiger partial charge in [-0.15, -0.1) is 0 Å². The summed E-state index contributed by atoms with van der Waals surface area (Å²) >= 11 is 0. The van der Waals surface area contributed by atoms with E-state index in [1.54, 1.807) is 0 Å². The first-order valence-electron chi connectivity index (χ1n) is 8.44. The molecule has 2 rings (SSSR count). The van der Waals surface area contributed by atoms with Gasteiger partial charge in [-0.2, -0.15) is 15.0 Å².